The molecule has 0 saturated carbocycles. The van der Waals surface area contributed by atoms with Crippen LogP contribution in [0.3, 0.4) is 0 Å². The number of nitrogens with zero attached hydrogens (tertiary/aromatic N) is 3. The number of hydrogen-bond donors (Lipinski definition) is 1. The fourth-order valence-corrected chi connectivity index (χ4v) is 3.24. The Morgan fingerprint density at radius 1 is 1.40 bits per heavy atom. The number of benzene rings is 1. The smallest absolute Gasteiger partial charge is 0.234 e. The molecular formula is C19H26N4O2. The lowest BCUT2D eigenvalue weighted by Gasteiger charge is -2.23. The first-order valence-corrected chi connectivity index (χ1v) is 8.88. The van der Waals surface area contributed by atoms with E-state index in [0.29, 0.717) is 25.7 Å². The Balaban J connectivity index is 1.37. The number of aromatic nitrogens is 2. The van der Waals surface area contributed by atoms with Crippen molar-refractivity contribution in [3.05, 3.63) is 48.3 Å². The molecule has 1 aromatic carbocycles. The Bertz CT molecular complexity index is 672. The van der Waals surface area contributed by atoms with Crippen molar-refractivity contribution in [1.82, 2.24) is 20.0 Å². The third-order valence-corrected chi connectivity index (χ3v) is 4.49. The normalized spacial score (nSPS) is 17.6. The molecule has 6 nitrogen and oxygen atoms in total. The summed E-state index contributed by atoms with van der Waals surface area (Å²) in [5, 5.41) is 7.21. The summed E-state index contributed by atoms with van der Waals surface area (Å²) in [6, 6.07) is 10.2. The van der Waals surface area contributed by atoms with Gasteiger partial charge in [-0.05, 0) is 50.1 Å². The Hall–Kier alpha value is -2.34. The van der Waals surface area contributed by atoms with E-state index in [1.165, 1.54) is 5.56 Å². The molecule has 1 amide bonds. The molecule has 0 bridgehead atoms. The highest BCUT2D eigenvalue weighted by Crippen LogP contribution is 2.18. The third-order valence-electron chi connectivity index (χ3n) is 4.49. The fraction of sp³-hybridized carbons (Fsp3) is 0.474. The maximum absolute atomic E-state index is 12.2. The van der Waals surface area contributed by atoms with E-state index >= 15 is 0 Å². The van der Waals surface area contributed by atoms with Gasteiger partial charge in [-0.15, -0.1) is 0 Å². The van der Waals surface area contributed by atoms with E-state index in [0.717, 1.165) is 31.7 Å². The fourth-order valence-electron chi connectivity index (χ4n) is 3.24. The Kier molecular flexibility index (Phi) is 6.06. The van der Waals surface area contributed by atoms with Crippen LogP contribution in [0.1, 0.15) is 18.4 Å². The molecule has 1 atom stereocenters. The van der Waals surface area contributed by atoms with Crippen molar-refractivity contribution in [2.24, 2.45) is 0 Å². The Morgan fingerprint density at radius 2 is 2.32 bits per heavy atom. The highest BCUT2D eigenvalue weighted by molar-refractivity contribution is 5.78. The van der Waals surface area contributed by atoms with Crippen molar-refractivity contribution < 1.29 is 9.53 Å². The quantitative estimate of drug-likeness (QED) is 0.744. The van der Waals surface area contributed by atoms with E-state index < -0.39 is 0 Å². The van der Waals surface area contributed by atoms with Crippen LogP contribution in [0, 0.1) is 6.92 Å². The van der Waals surface area contributed by atoms with Crippen LogP contribution in [0.5, 0.6) is 5.75 Å². The first-order valence-electron chi connectivity index (χ1n) is 8.88. The number of aryl methyl sites for hydroxylation is 1. The van der Waals surface area contributed by atoms with Crippen LogP contribution in [-0.2, 0) is 11.3 Å². The van der Waals surface area contributed by atoms with Crippen molar-refractivity contribution in [3.63, 3.8) is 0 Å². The summed E-state index contributed by atoms with van der Waals surface area (Å²) < 4.78 is 7.60. The predicted octanol–water partition coefficient (Wildman–Crippen LogP) is 1.85. The van der Waals surface area contributed by atoms with Crippen molar-refractivity contribution in [2.45, 2.75) is 32.4 Å². The Morgan fingerprint density at radius 3 is 3.12 bits per heavy atom. The summed E-state index contributed by atoms with van der Waals surface area (Å²) in [4.78, 5) is 14.4. The van der Waals surface area contributed by atoms with E-state index in [9.17, 15) is 4.79 Å². The highest BCUT2D eigenvalue weighted by atomic mass is 16.5. The third kappa shape index (κ3) is 5.32. The first kappa shape index (κ1) is 17.5. The number of likely N-dealkylation sites (tertiary alicyclic amines) is 1. The molecule has 1 N–H and O–H groups in total. The second kappa shape index (κ2) is 8.67. The lowest BCUT2D eigenvalue weighted by molar-refractivity contribution is -0.122. The molecule has 1 aliphatic heterocycles. The zero-order chi connectivity index (χ0) is 17.5. The SMILES string of the molecule is Cc1cccc(OCCNC(=O)CN2CCC[C@H]2Cn2cccn2)c1. The number of amides is 1. The zero-order valence-electron chi connectivity index (χ0n) is 14.7. The summed E-state index contributed by atoms with van der Waals surface area (Å²) >= 11 is 0. The molecule has 0 unspecified atom stereocenters. The lowest BCUT2D eigenvalue weighted by atomic mass is 10.2. The largest absolute Gasteiger partial charge is 0.492 e. The van der Waals surface area contributed by atoms with Crippen LogP contribution in [0.15, 0.2) is 42.7 Å². The summed E-state index contributed by atoms with van der Waals surface area (Å²) in [5.74, 6) is 0.897. The number of rotatable bonds is 8. The average molecular weight is 342 g/mol. The monoisotopic (exact) mass is 342 g/mol. The van der Waals surface area contributed by atoms with Gasteiger partial charge in [0.15, 0.2) is 0 Å². The maximum Gasteiger partial charge on any atom is 0.234 e. The van der Waals surface area contributed by atoms with Gasteiger partial charge in [0.05, 0.1) is 19.6 Å². The molecule has 0 spiro atoms. The minimum Gasteiger partial charge on any atom is -0.492 e. The molecule has 1 aliphatic rings. The predicted molar refractivity (Wildman–Crippen MR) is 96.5 cm³/mol. The summed E-state index contributed by atoms with van der Waals surface area (Å²) in [6.07, 6.45) is 6.01. The number of hydrogen-bond acceptors (Lipinski definition) is 4. The topological polar surface area (TPSA) is 59.4 Å². The summed E-state index contributed by atoms with van der Waals surface area (Å²) in [5.41, 5.74) is 1.17. The van der Waals surface area contributed by atoms with E-state index in [1.807, 2.05) is 48.1 Å². The van der Waals surface area contributed by atoms with Gasteiger partial charge in [-0.25, -0.2) is 0 Å². The van der Waals surface area contributed by atoms with Gasteiger partial charge < -0.3 is 10.1 Å². The van der Waals surface area contributed by atoms with Gasteiger partial charge in [0, 0.05) is 18.4 Å². The van der Waals surface area contributed by atoms with Crippen LogP contribution in [0.2, 0.25) is 0 Å². The van der Waals surface area contributed by atoms with Crippen LogP contribution in [0.25, 0.3) is 0 Å². The molecule has 2 heterocycles. The summed E-state index contributed by atoms with van der Waals surface area (Å²) in [6.45, 7) is 5.28. The standard InChI is InChI=1S/C19H26N4O2/c1-16-5-2-7-18(13-16)25-12-9-20-19(24)15-22-10-3-6-17(22)14-23-11-4-8-21-23/h2,4-5,7-8,11,13,17H,3,6,9-10,12,14-15H2,1H3,(H,20,24)/t17-/m0/s1. The van der Waals surface area contributed by atoms with E-state index in [4.69, 9.17) is 4.74 Å². The molecule has 0 aliphatic carbocycles. The second-order valence-electron chi connectivity index (χ2n) is 6.51. The number of ether oxygens (including phenoxy) is 1. The van der Waals surface area contributed by atoms with Gasteiger partial charge in [0.1, 0.15) is 12.4 Å². The molecule has 3 rings (SSSR count). The molecule has 6 heteroatoms. The van der Waals surface area contributed by atoms with Gasteiger partial charge in [-0.1, -0.05) is 12.1 Å². The molecule has 134 valence electrons. The molecule has 1 saturated heterocycles. The van der Waals surface area contributed by atoms with E-state index in [2.05, 4.69) is 15.3 Å². The molecular weight excluding hydrogens is 316 g/mol. The van der Waals surface area contributed by atoms with Crippen molar-refractivity contribution in [3.8, 4) is 5.75 Å². The molecule has 1 fully saturated rings. The zero-order valence-corrected chi connectivity index (χ0v) is 14.7. The maximum atomic E-state index is 12.2. The molecule has 2 aromatic rings. The lowest BCUT2D eigenvalue weighted by Crippen LogP contribution is -2.42. The van der Waals surface area contributed by atoms with Gasteiger partial charge in [-0.3, -0.25) is 14.4 Å². The highest BCUT2D eigenvalue weighted by Gasteiger charge is 2.26. The van der Waals surface area contributed by atoms with Crippen molar-refractivity contribution >= 4 is 5.91 Å². The average Bonchev–Trinajstić information content (AvgIpc) is 3.25. The van der Waals surface area contributed by atoms with E-state index in [-0.39, 0.29) is 5.91 Å². The first-order chi connectivity index (χ1) is 12.2. The van der Waals surface area contributed by atoms with Crippen LogP contribution in [-0.4, -0.2) is 52.9 Å². The molecule has 0 radical (unpaired) electrons. The van der Waals surface area contributed by atoms with Gasteiger partial charge >= 0.3 is 0 Å². The van der Waals surface area contributed by atoms with Crippen LogP contribution < -0.4 is 10.1 Å². The Labute approximate surface area is 148 Å². The van der Waals surface area contributed by atoms with Gasteiger partial charge in [0.25, 0.3) is 0 Å². The van der Waals surface area contributed by atoms with Crippen molar-refractivity contribution in [1.29, 1.82) is 0 Å². The second-order valence-corrected chi connectivity index (χ2v) is 6.51. The van der Waals surface area contributed by atoms with Crippen molar-refractivity contribution in [2.75, 3.05) is 26.2 Å². The minimum atomic E-state index is 0.0557. The molecule has 25 heavy (non-hydrogen) atoms. The van der Waals surface area contributed by atoms with Gasteiger partial charge in [-0.2, -0.15) is 5.10 Å². The minimum absolute atomic E-state index is 0.0557. The number of carbonyl (C=O) groups excluding carboxylic acids is 1. The van der Waals surface area contributed by atoms with Crippen LogP contribution >= 0.6 is 0 Å². The van der Waals surface area contributed by atoms with Crippen LogP contribution in [0.4, 0.5) is 0 Å². The summed E-state index contributed by atoms with van der Waals surface area (Å²) in [7, 11) is 0. The molecule has 1 aromatic heterocycles. The van der Waals surface area contributed by atoms with E-state index in [1.54, 1.807) is 6.20 Å². The van der Waals surface area contributed by atoms with Gasteiger partial charge in [0.2, 0.25) is 5.91 Å². The number of carbonyl (C=O) groups is 1. The number of nitrogens with one attached hydrogen (secondary N) is 1.